The highest BCUT2D eigenvalue weighted by molar-refractivity contribution is 6.01. The number of anilines is 1. The van der Waals surface area contributed by atoms with E-state index in [9.17, 15) is 4.79 Å². The van der Waals surface area contributed by atoms with E-state index in [1.165, 1.54) is 22.3 Å². The average Bonchev–Trinajstić information content (AvgIpc) is 3.39. The molecule has 2 aromatic heterocycles. The first-order valence-corrected chi connectivity index (χ1v) is 11.0. The van der Waals surface area contributed by atoms with Crippen LogP contribution in [-0.2, 0) is 14.1 Å². The lowest BCUT2D eigenvalue weighted by Gasteiger charge is -2.20. The molecule has 0 spiro atoms. The van der Waals surface area contributed by atoms with Crippen molar-refractivity contribution in [1.29, 1.82) is 0 Å². The van der Waals surface area contributed by atoms with E-state index in [-0.39, 0.29) is 11.7 Å². The quantitative estimate of drug-likeness (QED) is 0.519. The monoisotopic (exact) mass is 428 g/mol. The van der Waals surface area contributed by atoms with Gasteiger partial charge in [0, 0.05) is 38.0 Å². The van der Waals surface area contributed by atoms with Crippen LogP contribution in [0.15, 0.2) is 41.2 Å². The van der Waals surface area contributed by atoms with Gasteiger partial charge in [-0.1, -0.05) is 24.3 Å². The lowest BCUT2D eigenvalue weighted by molar-refractivity contribution is 0.795. The van der Waals surface area contributed by atoms with Crippen LogP contribution >= 0.6 is 0 Å². The Bertz CT molecular complexity index is 1460. The summed E-state index contributed by atoms with van der Waals surface area (Å²) >= 11 is 0. The minimum Gasteiger partial charge on any atom is -0.362 e. The minimum atomic E-state index is -0.0418. The first kappa shape index (κ1) is 20.5. The number of benzene rings is 2. The van der Waals surface area contributed by atoms with Crippen molar-refractivity contribution in [2.75, 3.05) is 18.4 Å². The molecule has 2 aromatic carbocycles. The molecule has 32 heavy (non-hydrogen) atoms. The second-order valence-electron chi connectivity index (χ2n) is 8.67. The predicted octanol–water partition coefficient (Wildman–Crippen LogP) is 3.60. The molecule has 3 heterocycles. The number of nitrogens with zero attached hydrogens (tertiary/aromatic N) is 4. The van der Waals surface area contributed by atoms with Crippen molar-refractivity contribution in [1.82, 2.24) is 24.6 Å². The molecule has 0 bridgehead atoms. The third kappa shape index (κ3) is 3.12. The van der Waals surface area contributed by atoms with Crippen LogP contribution in [0.4, 0.5) is 5.82 Å². The van der Waals surface area contributed by atoms with Gasteiger partial charge in [0.2, 0.25) is 0 Å². The summed E-state index contributed by atoms with van der Waals surface area (Å²) in [4.78, 5) is 12.4. The number of imidazole rings is 1. The Kier molecular flexibility index (Phi) is 4.86. The van der Waals surface area contributed by atoms with Gasteiger partial charge < -0.3 is 10.6 Å². The number of nitrogens with one attached hydrogen (secondary N) is 2. The summed E-state index contributed by atoms with van der Waals surface area (Å²) in [5.41, 5.74) is 7.73. The Morgan fingerprint density at radius 3 is 2.47 bits per heavy atom. The molecule has 1 atom stereocenters. The SMILES string of the molecule is Cc1c(C2=CCNC2)cccc1[C@@H](C)Nc1nnc(C)c2cc3c(cc12)n(C)c(=O)n3C. The Morgan fingerprint density at radius 1 is 1.06 bits per heavy atom. The first-order valence-electron chi connectivity index (χ1n) is 11.0. The van der Waals surface area contributed by atoms with Gasteiger partial charge in [-0.3, -0.25) is 9.13 Å². The van der Waals surface area contributed by atoms with Gasteiger partial charge in [-0.15, -0.1) is 5.10 Å². The second-order valence-corrected chi connectivity index (χ2v) is 8.67. The van der Waals surface area contributed by atoms with Crippen molar-refractivity contribution in [3.63, 3.8) is 0 Å². The van der Waals surface area contributed by atoms with Gasteiger partial charge in [0.15, 0.2) is 5.82 Å². The van der Waals surface area contributed by atoms with Crippen molar-refractivity contribution in [3.8, 4) is 0 Å². The fraction of sp³-hybridized carbons (Fsp3) is 0.320. The van der Waals surface area contributed by atoms with Crippen LogP contribution in [0.3, 0.4) is 0 Å². The summed E-state index contributed by atoms with van der Waals surface area (Å²) in [5.74, 6) is 0.725. The summed E-state index contributed by atoms with van der Waals surface area (Å²) in [6.07, 6.45) is 2.26. The van der Waals surface area contributed by atoms with E-state index < -0.39 is 0 Å². The molecule has 7 nitrogen and oxygen atoms in total. The summed E-state index contributed by atoms with van der Waals surface area (Å²) in [7, 11) is 3.60. The number of hydrogen-bond donors (Lipinski definition) is 2. The third-order valence-electron chi connectivity index (χ3n) is 6.71. The number of aromatic nitrogens is 4. The molecular weight excluding hydrogens is 400 g/mol. The average molecular weight is 429 g/mol. The van der Waals surface area contributed by atoms with Gasteiger partial charge in [-0.05, 0) is 55.2 Å². The second kappa shape index (κ2) is 7.60. The fourth-order valence-electron chi connectivity index (χ4n) is 4.81. The molecule has 0 amide bonds. The molecule has 1 aliphatic rings. The highest BCUT2D eigenvalue weighted by Gasteiger charge is 2.18. The smallest absolute Gasteiger partial charge is 0.328 e. The van der Waals surface area contributed by atoms with Gasteiger partial charge >= 0.3 is 5.69 Å². The predicted molar refractivity (Wildman–Crippen MR) is 130 cm³/mol. The maximum absolute atomic E-state index is 12.4. The van der Waals surface area contributed by atoms with Crippen LogP contribution in [0.25, 0.3) is 27.4 Å². The standard InChI is InChI=1S/C25H28N6O/c1-14-18(7-6-8-19(14)17-9-10-26-13-17)15(2)27-24-21-12-23-22(30(4)25(32)31(23)5)11-20(21)16(3)28-29-24/h6-9,11-12,15,26H,10,13H2,1-5H3,(H,27,29)/t15-/m1/s1. The van der Waals surface area contributed by atoms with Gasteiger partial charge in [0.05, 0.1) is 22.8 Å². The van der Waals surface area contributed by atoms with Gasteiger partial charge in [-0.25, -0.2) is 4.79 Å². The molecule has 7 heteroatoms. The van der Waals surface area contributed by atoms with E-state index in [1.54, 1.807) is 23.2 Å². The van der Waals surface area contributed by atoms with Crippen molar-refractivity contribution in [2.24, 2.45) is 14.1 Å². The molecule has 1 aliphatic heterocycles. The molecule has 5 rings (SSSR count). The van der Waals surface area contributed by atoms with Crippen LogP contribution in [0.5, 0.6) is 0 Å². The molecular formula is C25H28N6O. The van der Waals surface area contributed by atoms with Crippen molar-refractivity contribution in [2.45, 2.75) is 26.8 Å². The Morgan fingerprint density at radius 2 is 1.78 bits per heavy atom. The van der Waals surface area contributed by atoms with Crippen LogP contribution in [0, 0.1) is 13.8 Å². The molecule has 0 radical (unpaired) electrons. The lowest BCUT2D eigenvalue weighted by atomic mass is 9.93. The van der Waals surface area contributed by atoms with Gasteiger partial charge in [0.1, 0.15) is 0 Å². The fourth-order valence-corrected chi connectivity index (χ4v) is 4.81. The van der Waals surface area contributed by atoms with Crippen molar-refractivity contribution in [3.05, 3.63) is 69.3 Å². The van der Waals surface area contributed by atoms with E-state index >= 15 is 0 Å². The summed E-state index contributed by atoms with van der Waals surface area (Å²) in [6.45, 7) is 8.12. The molecule has 0 unspecified atom stereocenters. The zero-order valence-corrected chi connectivity index (χ0v) is 19.2. The summed E-state index contributed by atoms with van der Waals surface area (Å²) in [5, 5.41) is 17.8. The van der Waals surface area contributed by atoms with E-state index in [0.29, 0.717) is 0 Å². The van der Waals surface area contributed by atoms with E-state index in [2.05, 4.69) is 59.0 Å². The zero-order valence-electron chi connectivity index (χ0n) is 19.2. The van der Waals surface area contributed by atoms with Crippen LogP contribution < -0.4 is 16.3 Å². The Labute approximate surface area is 186 Å². The summed E-state index contributed by atoms with van der Waals surface area (Å²) < 4.78 is 3.35. The third-order valence-corrected chi connectivity index (χ3v) is 6.71. The minimum absolute atomic E-state index is 0.0418. The van der Waals surface area contributed by atoms with Crippen LogP contribution in [0.2, 0.25) is 0 Å². The largest absolute Gasteiger partial charge is 0.362 e. The topological polar surface area (TPSA) is 76.8 Å². The maximum Gasteiger partial charge on any atom is 0.328 e. The highest BCUT2D eigenvalue weighted by atomic mass is 16.1. The normalized spacial score (nSPS) is 14.8. The number of aryl methyl sites for hydroxylation is 3. The molecule has 0 saturated heterocycles. The van der Waals surface area contributed by atoms with E-state index in [1.807, 2.05) is 19.1 Å². The molecule has 4 aromatic rings. The van der Waals surface area contributed by atoms with Crippen molar-refractivity contribution < 1.29 is 0 Å². The molecule has 0 aliphatic carbocycles. The van der Waals surface area contributed by atoms with E-state index in [0.717, 1.165) is 46.4 Å². The number of rotatable bonds is 4. The zero-order chi connectivity index (χ0) is 22.6. The molecule has 0 saturated carbocycles. The van der Waals surface area contributed by atoms with Crippen LogP contribution in [-0.4, -0.2) is 32.4 Å². The maximum atomic E-state index is 12.4. The molecule has 2 N–H and O–H groups in total. The van der Waals surface area contributed by atoms with Crippen molar-refractivity contribution >= 4 is 33.2 Å². The molecule has 164 valence electrons. The highest BCUT2D eigenvalue weighted by Crippen LogP contribution is 2.32. The summed E-state index contributed by atoms with van der Waals surface area (Å²) in [6, 6.07) is 10.6. The lowest BCUT2D eigenvalue weighted by Crippen LogP contribution is -2.19. The molecule has 0 fully saturated rings. The number of fused-ring (bicyclic) bond motifs is 2. The van der Waals surface area contributed by atoms with Gasteiger partial charge in [-0.2, -0.15) is 5.10 Å². The Hall–Kier alpha value is -3.45. The van der Waals surface area contributed by atoms with Crippen LogP contribution in [0.1, 0.15) is 35.3 Å². The van der Waals surface area contributed by atoms with Gasteiger partial charge in [0.25, 0.3) is 0 Å². The number of hydrogen-bond acceptors (Lipinski definition) is 5. The first-order chi connectivity index (χ1) is 15.4. The van der Waals surface area contributed by atoms with E-state index in [4.69, 9.17) is 0 Å². The Balaban J connectivity index is 1.59.